The van der Waals surface area contributed by atoms with E-state index in [0.717, 1.165) is 42.8 Å². The van der Waals surface area contributed by atoms with E-state index in [1.807, 2.05) is 35.2 Å². The summed E-state index contributed by atoms with van der Waals surface area (Å²) in [5.41, 5.74) is 4.04. The summed E-state index contributed by atoms with van der Waals surface area (Å²) < 4.78 is 16.3. The number of benzene rings is 3. The SMILES string of the molecule is COc1cccc(-c2ccc([C@H]3[C@H](CO)N4CCCCN(C(=O)c5ccc6c(c5)OCO6)C[C@@H]34)cc2)c1. The first-order valence-electron chi connectivity index (χ1n) is 13.0. The number of ether oxygens (including phenoxy) is 3. The number of nitrogens with zero attached hydrogens (tertiary/aromatic N) is 2. The number of hydrogen-bond donors (Lipinski definition) is 1. The van der Waals surface area contributed by atoms with Gasteiger partial charge in [-0.25, -0.2) is 0 Å². The number of aliphatic hydroxyl groups is 1. The Morgan fingerprint density at radius 2 is 1.78 bits per heavy atom. The first kappa shape index (κ1) is 23.8. The van der Waals surface area contributed by atoms with Crippen LogP contribution in [0.2, 0.25) is 0 Å². The molecule has 0 aliphatic carbocycles. The Morgan fingerprint density at radius 1 is 0.973 bits per heavy atom. The lowest BCUT2D eigenvalue weighted by Gasteiger charge is -2.57. The summed E-state index contributed by atoms with van der Waals surface area (Å²) in [6.45, 7) is 2.60. The Kier molecular flexibility index (Phi) is 6.49. The Bertz CT molecular complexity index is 1280. The molecule has 3 aliphatic heterocycles. The van der Waals surface area contributed by atoms with Crippen LogP contribution in [-0.4, -0.2) is 73.0 Å². The van der Waals surface area contributed by atoms with Crippen molar-refractivity contribution in [3.05, 3.63) is 77.9 Å². The Labute approximate surface area is 217 Å². The van der Waals surface area contributed by atoms with Crippen molar-refractivity contribution in [3.63, 3.8) is 0 Å². The molecule has 3 atom stereocenters. The molecule has 1 amide bonds. The number of rotatable bonds is 5. The third-order valence-electron chi connectivity index (χ3n) is 7.98. The van der Waals surface area contributed by atoms with Crippen LogP contribution in [0.25, 0.3) is 11.1 Å². The van der Waals surface area contributed by atoms with Crippen molar-refractivity contribution in [3.8, 4) is 28.4 Å². The van der Waals surface area contributed by atoms with Gasteiger partial charge in [-0.2, -0.15) is 0 Å². The maximum Gasteiger partial charge on any atom is 0.254 e. The quantitative estimate of drug-likeness (QED) is 0.568. The lowest BCUT2D eigenvalue weighted by atomic mass is 9.74. The normalized spacial score (nSPS) is 23.0. The molecule has 1 N–H and O–H groups in total. The number of fused-ring (bicyclic) bond motifs is 2. The van der Waals surface area contributed by atoms with Crippen molar-refractivity contribution in [2.24, 2.45) is 0 Å². The Morgan fingerprint density at radius 3 is 2.59 bits per heavy atom. The summed E-state index contributed by atoms with van der Waals surface area (Å²) in [6.07, 6.45) is 1.94. The molecule has 3 heterocycles. The molecule has 192 valence electrons. The van der Waals surface area contributed by atoms with E-state index in [2.05, 4.69) is 35.2 Å². The van der Waals surface area contributed by atoms with Gasteiger partial charge in [0.15, 0.2) is 11.5 Å². The van der Waals surface area contributed by atoms with Gasteiger partial charge in [-0.15, -0.1) is 0 Å². The van der Waals surface area contributed by atoms with E-state index in [1.54, 1.807) is 13.2 Å². The monoisotopic (exact) mass is 500 g/mol. The van der Waals surface area contributed by atoms with Crippen molar-refractivity contribution < 1.29 is 24.1 Å². The Hall–Kier alpha value is -3.55. The van der Waals surface area contributed by atoms with E-state index in [9.17, 15) is 9.90 Å². The first-order valence-corrected chi connectivity index (χ1v) is 13.0. The van der Waals surface area contributed by atoms with Gasteiger partial charge in [0.25, 0.3) is 5.91 Å². The molecule has 0 bridgehead atoms. The van der Waals surface area contributed by atoms with E-state index in [0.29, 0.717) is 23.6 Å². The second-order valence-electron chi connectivity index (χ2n) is 9.96. The zero-order chi connectivity index (χ0) is 25.4. The molecule has 2 fully saturated rings. The van der Waals surface area contributed by atoms with Crippen LogP contribution in [0.4, 0.5) is 0 Å². The summed E-state index contributed by atoms with van der Waals surface area (Å²) in [5.74, 6) is 2.31. The average molecular weight is 501 g/mol. The first-order chi connectivity index (χ1) is 18.2. The molecule has 3 aromatic rings. The van der Waals surface area contributed by atoms with Crippen molar-refractivity contribution in [1.29, 1.82) is 0 Å². The molecule has 6 rings (SSSR count). The van der Waals surface area contributed by atoms with Gasteiger partial charge in [-0.3, -0.25) is 9.69 Å². The van der Waals surface area contributed by atoms with Crippen LogP contribution in [-0.2, 0) is 0 Å². The summed E-state index contributed by atoms with van der Waals surface area (Å²) in [6, 6.07) is 22.3. The third kappa shape index (κ3) is 4.43. The molecular weight excluding hydrogens is 468 g/mol. The van der Waals surface area contributed by atoms with Crippen LogP contribution >= 0.6 is 0 Å². The van der Waals surface area contributed by atoms with Crippen LogP contribution in [0.15, 0.2) is 66.7 Å². The number of carbonyl (C=O) groups excluding carboxylic acids is 1. The van der Waals surface area contributed by atoms with Crippen LogP contribution in [0.5, 0.6) is 17.2 Å². The number of carbonyl (C=O) groups is 1. The second-order valence-corrected chi connectivity index (χ2v) is 9.96. The predicted octanol–water partition coefficient (Wildman–Crippen LogP) is 4.16. The van der Waals surface area contributed by atoms with Crippen LogP contribution in [0, 0.1) is 0 Å². The highest BCUT2D eigenvalue weighted by Gasteiger charge is 2.49. The lowest BCUT2D eigenvalue weighted by Crippen LogP contribution is -2.67. The summed E-state index contributed by atoms with van der Waals surface area (Å²) >= 11 is 0. The van der Waals surface area contributed by atoms with E-state index in [4.69, 9.17) is 14.2 Å². The molecule has 0 saturated carbocycles. The molecular formula is C30H32N2O5. The fourth-order valence-electron chi connectivity index (χ4n) is 6.04. The fraction of sp³-hybridized carbons (Fsp3) is 0.367. The molecule has 37 heavy (non-hydrogen) atoms. The van der Waals surface area contributed by atoms with Gasteiger partial charge in [0.2, 0.25) is 6.79 Å². The summed E-state index contributed by atoms with van der Waals surface area (Å²) in [4.78, 5) is 17.9. The number of methoxy groups -OCH3 is 1. The minimum absolute atomic E-state index is 0.0136. The van der Waals surface area contributed by atoms with Gasteiger partial charge in [0, 0.05) is 36.7 Å². The fourth-order valence-corrected chi connectivity index (χ4v) is 6.04. The number of aliphatic hydroxyl groups excluding tert-OH is 1. The second kappa shape index (κ2) is 10.1. The van der Waals surface area contributed by atoms with Crippen LogP contribution in [0.1, 0.15) is 34.7 Å². The highest BCUT2D eigenvalue weighted by atomic mass is 16.7. The van der Waals surface area contributed by atoms with Crippen molar-refractivity contribution in [2.45, 2.75) is 30.8 Å². The highest BCUT2D eigenvalue weighted by Crippen LogP contribution is 2.43. The molecule has 0 spiro atoms. The smallest absolute Gasteiger partial charge is 0.254 e. The number of amides is 1. The lowest BCUT2D eigenvalue weighted by molar-refractivity contribution is -0.0606. The molecule has 3 aromatic carbocycles. The molecule has 0 radical (unpaired) electrons. The maximum atomic E-state index is 13.5. The largest absolute Gasteiger partial charge is 0.497 e. The predicted molar refractivity (Wildman–Crippen MR) is 140 cm³/mol. The Balaban J connectivity index is 1.24. The van der Waals surface area contributed by atoms with Gasteiger partial charge in [-0.05, 0) is 66.4 Å². The molecule has 7 heteroatoms. The van der Waals surface area contributed by atoms with Gasteiger partial charge in [-0.1, -0.05) is 36.4 Å². The minimum atomic E-state index is 0.0136. The molecule has 3 aliphatic rings. The van der Waals surface area contributed by atoms with Gasteiger partial charge in [0.1, 0.15) is 5.75 Å². The number of hydrogen-bond acceptors (Lipinski definition) is 6. The van der Waals surface area contributed by atoms with Crippen LogP contribution in [0.3, 0.4) is 0 Å². The minimum Gasteiger partial charge on any atom is -0.497 e. The highest BCUT2D eigenvalue weighted by molar-refractivity contribution is 5.95. The van der Waals surface area contributed by atoms with Gasteiger partial charge < -0.3 is 24.2 Å². The van der Waals surface area contributed by atoms with Crippen LogP contribution < -0.4 is 14.2 Å². The average Bonchev–Trinajstić information content (AvgIpc) is 3.40. The topological polar surface area (TPSA) is 71.5 Å². The van der Waals surface area contributed by atoms with E-state index >= 15 is 0 Å². The van der Waals surface area contributed by atoms with E-state index < -0.39 is 0 Å². The van der Waals surface area contributed by atoms with Gasteiger partial charge >= 0.3 is 0 Å². The molecule has 0 unspecified atom stereocenters. The molecule has 2 saturated heterocycles. The van der Waals surface area contributed by atoms with Crippen molar-refractivity contribution in [1.82, 2.24) is 9.80 Å². The van der Waals surface area contributed by atoms with Gasteiger partial charge in [0.05, 0.1) is 13.7 Å². The zero-order valence-electron chi connectivity index (χ0n) is 21.0. The maximum absolute atomic E-state index is 13.5. The van der Waals surface area contributed by atoms with Crippen molar-refractivity contribution in [2.75, 3.05) is 40.1 Å². The summed E-state index contributed by atoms with van der Waals surface area (Å²) in [5, 5.41) is 10.3. The standard InChI is InChI=1S/C30H32N2O5/c1-35-24-6-4-5-22(15-24)20-7-9-21(10-8-20)29-25-17-31(13-2-3-14-32(25)26(29)18-33)30(34)23-11-12-27-28(16-23)37-19-36-27/h4-12,15-16,25-26,29,33H,2-3,13-14,17-19H2,1H3/t25-,26-,29+/m0/s1. The van der Waals surface area contributed by atoms with Crippen molar-refractivity contribution >= 4 is 5.91 Å². The van der Waals surface area contributed by atoms with E-state index in [-0.39, 0.29) is 37.3 Å². The molecule has 7 nitrogen and oxygen atoms in total. The summed E-state index contributed by atoms with van der Waals surface area (Å²) in [7, 11) is 1.68. The molecule has 0 aromatic heterocycles. The zero-order valence-corrected chi connectivity index (χ0v) is 21.0. The van der Waals surface area contributed by atoms with E-state index in [1.165, 1.54) is 5.56 Å². The third-order valence-corrected chi connectivity index (χ3v) is 7.98.